The third-order valence-corrected chi connectivity index (χ3v) is 6.61. The Bertz CT molecular complexity index is 1050. The van der Waals surface area contributed by atoms with Gasteiger partial charge in [0.1, 0.15) is 0 Å². The van der Waals surface area contributed by atoms with Crippen LogP contribution in [0.4, 0.5) is 5.69 Å². The summed E-state index contributed by atoms with van der Waals surface area (Å²) in [5.74, 6) is -0.142. The Kier molecular flexibility index (Phi) is 5.80. The second-order valence-electron chi connectivity index (χ2n) is 7.64. The number of hydrogen-bond donors (Lipinski definition) is 0. The van der Waals surface area contributed by atoms with E-state index in [0.29, 0.717) is 31.7 Å². The molecule has 1 saturated heterocycles. The zero-order valence-corrected chi connectivity index (χ0v) is 18.0. The summed E-state index contributed by atoms with van der Waals surface area (Å²) in [6.07, 6.45) is 2.03. The molecule has 1 aliphatic heterocycles. The molecule has 0 saturated carbocycles. The summed E-state index contributed by atoms with van der Waals surface area (Å²) in [6.45, 7) is 8.13. The van der Waals surface area contributed by atoms with Crippen LogP contribution >= 0.6 is 0 Å². The highest BCUT2D eigenvalue weighted by molar-refractivity contribution is 7.90. The van der Waals surface area contributed by atoms with E-state index in [9.17, 15) is 18.0 Å². The van der Waals surface area contributed by atoms with E-state index in [4.69, 9.17) is 0 Å². The average molecular weight is 415 g/mol. The van der Waals surface area contributed by atoms with Crippen molar-refractivity contribution in [2.24, 2.45) is 0 Å². The summed E-state index contributed by atoms with van der Waals surface area (Å²) >= 11 is 0. The van der Waals surface area contributed by atoms with Crippen molar-refractivity contribution in [1.82, 2.24) is 4.90 Å². The first-order chi connectivity index (χ1) is 13.6. The predicted molar refractivity (Wildman–Crippen MR) is 114 cm³/mol. The monoisotopic (exact) mass is 414 g/mol. The van der Waals surface area contributed by atoms with E-state index < -0.39 is 9.84 Å². The van der Waals surface area contributed by atoms with E-state index in [-0.39, 0.29) is 10.8 Å². The maximum absolute atomic E-state index is 13.0. The Balaban J connectivity index is 1.76. The molecular formula is C22H26N2O4S. The van der Waals surface area contributed by atoms with Gasteiger partial charge in [-0.3, -0.25) is 9.59 Å². The lowest BCUT2D eigenvalue weighted by Crippen LogP contribution is -2.49. The number of rotatable bonds is 4. The standard InChI is InChI=1S/C22H26N2O4S/c1-15-5-6-19(29(4,27)28)13-20(15)22(26)24-9-7-23(8-10-24)18-11-16(2)21(14-25)17(3)12-18/h5-6,11-14H,7-10H2,1-4H3. The van der Waals surface area contributed by atoms with Gasteiger partial charge in [0.25, 0.3) is 5.91 Å². The number of carbonyl (C=O) groups excluding carboxylic acids is 2. The van der Waals surface area contributed by atoms with Gasteiger partial charge in [-0.15, -0.1) is 0 Å². The molecule has 29 heavy (non-hydrogen) atoms. The van der Waals surface area contributed by atoms with Crippen LogP contribution in [0.15, 0.2) is 35.2 Å². The summed E-state index contributed by atoms with van der Waals surface area (Å²) < 4.78 is 23.7. The molecule has 0 radical (unpaired) electrons. The summed E-state index contributed by atoms with van der Waals surface area (Å²) in [7, 11) is -3.37. The number of piperazine rings is 1. The molecule has 1 amide bonds. The Morgan fingerprint density at radius 1 is 0.931 bits per heavy atom. The van der Waals surface area contributed by atoms with E-state index in [1.807, 2.05) is 32.9 Å². The van der Waals surface area contributed by atoms with E-state index in [1.54, 1.807) is 11.0 Å². The first-order valence-corrected chi connectivity index (χ1v) is 11.4. The fourth-order valence-electron chi connectivity index (χ4n) is 3.72. The predicted octanol–water partition coefficient (Wildman–Crippen LogP) is 2.79. The Morgan fingerprint density at radius 3 is 2.03 bits per heavy atom. The molecule has 0 bridgehead atoms. The fraction of sp³-hybridized carbons (Fsp3) is 0.364. The zero-order chi connectivity index (χ0) is 21.3. The highest BCUT2D eigenvalue weighted by Gasteiger charge is 2.25. The molecule has 0 unspecified atom stereocenters. The molecule has 0 aromatic heterocycles. The number of aldehydes is 1. The third-order valence-electron chi connectivity index (χ3n) is 5.50. The Hall–Kier alpha value is -2.67. The van der Waals surface area contributed by atoms with E-state index in [1.165, 1.54) is 12.1 Å². The summed E-state index contributed by atoms with van der Waals surface area (Å²) in [5.41, 5.74) is 4.86. The van der Waals surface area contributed by atoms with Crippen molar-refractivity contribution in [2.45, 2.75) is 25.7 Å². The number of hydrogen-bond acceptors (Lipinski definition) is 5. The van der Waals surface area contributed by atoms with Gasteiger partial charge in [0, 0.05) is 49.2 Å². The minimum atomic E-state index is -3.37. The number of benzene rings is 2. The second kappa shape index (κ2) is 7.99. The van der Waals surface area contributed by atoms with Crippen LogP contribution in [0.3, 0.4) is 0 Å². The van der Waals surface area contributed by atoms with E-state index in [0.717, 1.165) is 40.5 Å². The smallest absolute Gasteiger partial charge is 0.254 e. The molecule has 0 aliphatic carbocycles. The lowest BCUT2D eigenvalue weighted by molar-refractivity contribution is 0.0745. The van der Waals surface area contributed by atoms with Crippen molar-refractivity contribution in [3.8, 4) is 0 Å². The molecule has 1 aliphatic rings. The van der Waals surface area contributed by atoms with E-state index in [2.05, 4.69) is 4.90 Å². The normalized spacial score (nSPS) is 14.8. The van der Waals surface area contributed by atoms with Crippen molar-refractivity contribution in [1.29, 1.82) is 0 Å². The van der Waals surface area contributed by atoms with Gasteiger partial charge in [0.15, 0.2) is 16.1 Å². The van der Waals surface area contributed by atoms with Gasteiger partial charge in [-0.1, -0.05) is 6.07 Å². The minimum absolute atomic E-state index is 0.142. The average Bonchev–Trinajstić information content (AvgIpc) is 2.67. The van der Waals surface area contributed by atoms with Crippen molar-refractivity contribution < 1.29 is 18.0 Å². The lowest BCUT2D eigenvalue weighted by Gasteiger charge is -2.36. The summed E-state index contributed by atoms with van der Waals surface area (Å²) in [6, 6.07) is 8.71. The van der Waals surface area contributed by atoms with Crippen LogP contribution in [-0.2, 0) is 9.84 Å². The zero-order valence-electron chi connectivity index (χ0n) is 17.2. The van der Waals surface area contributed by atoms with Crippen LogP contribution in [0, 0.1) is 20.8 Å². The van der Waals surface area contributed by atoms with Crippen LogP contribution in [0.1, 0.15) is 37.4 Å². The number of sulfone groups is 1. The fourth-order valence-corrected chi connectivity index (χ4v) is 4.37. The molecule has 3 rings (SSSR count). The number of carbonyl (C=O) groups is 2. The van der Waals surface area contributed by atoms with Crippen molar-refractivity contribution in [3.63, 3.8) is 0 Å². The molecule has 6 nitrogen and oxygen atoms in total. The molecule has 0 spiro atoms. The highest BCUT2D eigenvalue weighted by atomic mass is 32.2. The van der Waals surface area contributed by atoms with Gasteiger partial charge in [-0.05, 0) is 61.7 Å². The SMILES string of the molecule is Cc1ccc(S(C)(=O)=O)cc1C(=O)N1CCN(c2cc(C)c(C=O)c(C)c2)CC1. The number of amides is 1. The third kappa shape index (κ3) is 4.34. The van der Waals surface area contributed by atoms with Gasteiger partial charge < -0.3 is 9.80 Å². The maximum Gasteiger partial charge on any atom is 0.254 e. The number of aryl methyl sites for hydroxylation is 3. The first kappa shape index (κ1) is 21.0. The molecular weight excluding hydrogens is 388 g/mol. The molecule has 154 valence electrons. The molecule has 1 heterocycles. The molecule has 1 fully saturated rings. The Morgan fingerprint density at radius 2 is 1.52 bits per heavy atom. The molecule has 0 atom stereocenters. The second-order valence-corrected chi connectivity index (χ2v) is 9.65. The van der Waals surface area contributed by atoms with Gasteiger partial charge in [-0.25, -0.2) is 8.42 Å². The van der Waals surface area contributed by atoms with Crippen molar-refractivity contribution in [2.75, 3.05) is 37.3 Å². The van der Waals surface area contributed by atoms with Gasteiger partial charge in [-0.2, -0.15) is 0 Å². The van der Waals surface area contributed by atoms with E-state index >= 15 is 0 Å². The van der Waals surface area contributed by atoms with Gasteiger partial charge in [0.2, 0.25) is 0 Å². The molecule has 7 heteroatoms. The van der Waals surface area contributed by atoms with Crippen molar-refractivity contribution in [3.05, 3.63) is 58.1 Å². The first-order valence-electron chi connectivity index (χ1n) is 9.53. The molecule has 2 aromatic carbocycles. The van der Waals surface area contributed by atoms with Gasteiger partial charge >= 0.3 is 0 Å². The van der Waals surface area contributed by atoms with Crippen LogP contribution in [0.25, 0.3) is 0 Å². The van der Waals surface area contributed by atoms with Gasteiger partial charge in [0.05, 0.1) is 4.90 Å². The van der Waals surface area contributed by atoms with Crippen molar-refractivity contribution >= 4 is 27.7 Å². The topological polar surface area (TPSA) is 74.8 Å². The quantitative estimate of drug-likeness (QED) is 0.719. The number of nitrogens with zero attached hydrogens (tertiary/aromatic N) is 2. The summed E-state index contributed by atoms with van der Waals surface area (Å²) in [4.78, 5) is 28.3. The number of anilines is 1. The van der Waals surface area contributed by atoms with Crippen LogP contribution in [0.2, 0.25) is 0 Å². The molecule has 0 N–H and O–H groups in total. The highest BCUT2D eigenvalue weighted by Crippen LogP contribution is 2.24. The lowest BCUT2D eigenvalue weighted by atomic mass is 10.0. The Labute approximate surface area is 172 Å². The van der Waals surface area contributed by atoms with Crippen LogP contribution in [-0.4, -0.2) is 57.9 Å². The summed E-state index contributed by atoms with van der Waals surface area (Å²) in [5, 5.41) is 0. The minimum Gasteiger partial charge on any atom is -0.368 e. The largest absolute Gasteiger partial charge is 0.368 e. The molecule has 2 aromatic rings. The van der Waals surface area contributed by atoms with Crippen LogP contribution < -0.4 is 4.90 Å². The van der Waals surface area contributed by atoms with Crippen LogP contribution in [0.5, 0.6) is 0 Å². The maximum atomic E-state index is 13.0.